The SMILES string of the molecule is CC(C)CC(=O)N[C@H](CCCCNC(=N)N)C(=O)N[C@@H](CCC(=O)O)C(=O)N[C@H](CSCCC(=O)N1CN(C(=O)CCSCCC(N)=O)CN(C(=O)CCSCC(NC(=O)CC(C)O)C(N)=O)C1)C(N)=O. The molecule has 26 nitrogen and oxygen atoms in total. The van der Waals surface area contributed by atoms with Crippen molar-refractivity contribution in [1.82, 2.24) is 41.3 Å². The first-order chi connectivity index (χ1) is 33.4. The maximum absolute atomic E-state index is 13.6. The van der Waals surface area contributed by atoms with E-state index in [0.29, 0.717) is 30.9 Å². The maximum Gasteiger partial charge on any atom is 0.303 e. The molecule has 0 aliphatic carbocycles. The number of carboxylic acid groups (broad SMARTS) is 1. The summed E-state index contributed by atoms with van der Waals surface area (Å²) in [5.74, 6) is -6.80. The molecule has 1 heterocycles. The molecule has 0 aromatic rings. The average Bonchev–Trinajstić information content (AvgIpc) is 3.27. The van der Waals surface area contributed by atoms with Crippen LogP contribution in [0.4, 0.5) is 0 Å². The Kier molecular flexibility index (Phi) is 31.0. The van der Waals surface area contributed by atoms with E-state index in [-0.39, 0.29) is 112 Å². The summed E-state index contributed by atoms with van der Waals surface area (Å²) in [6.45, 7) is 4.92. The number of primary amides is 3. The van der Waals surface area contributed by atoms with E-state index < -0.39 is 95.8 Å². The number of aliphatic hydroxyl groups excluding tert-OH is 1. The molecule has 5 atom stereocenters. The summed E-state index contributed by atoms with van der Waals surface area (Å²) in [4.78, 5) is 143. The highest BCUT2D eigenvalue weighted by molar-refractivity contribution is 7.99. The maximum atomic E-state index is 13.6. The number of hydrogen-bond acceptors (Lipinski definition) is 16. The van der Waals surface area contributed by atoms with Gasteiger partial charge >= 0.3 is 5.97 Å². The molecule has 2 unspecified atom stereocenters. The van der Waals surface area contributed by atoms with Gasteiger partial charge in [0.2, 0.25) is 59.1 Å². The summed E-state index contributed by atoms with van der Waals surface area (Å²) in [6.07, 6.45) is -1.02. The van der Waals surface area contributed by atoms with E-state index in [4.69, 9.17) is 28.3 Å². The fraction of sp³-hybridized carbons (Fsp3) is 0.714. The minimum atomic E-state index is -1.46. The zero-order chi connectivity index (χ0) is 53.6. The van der Waals surface area contributed by atoms with E-state index >= 15 is 0 Å². The number of carbonyl (C=O) groups excluding carboxylic acids is 10. The first-order valence-corrected chi connectivity index (χ1v) is 26.5. The number of amides is 10. The summed E-state index contributed by atoms with van der Waals surface area (Å²) in [6, 6.07) is -4.96. The number of carboxylic acids is 1. The molecule has 10 amide bonds. The van der Waals surface area contributed by atoms with Crippen LogP contribution in [0.2, 0.25) is 0 Å². The van der Waals surface area contributed by atoms with Gasteiger partial charge in [-0.25, -0.2) is 0 Å². The quantitative estimate of drug-likeness (QED) is 0.0167. The molecular formula is C42H73N13O13S3. The molecule has 1 fully saturated rings. The lowest BCUT2D eigenvalue weighted by Gasteiger charge is -2.42. The number of hydrogen-bond donors (Lipinski definition) is 12. The van der Waals surface area contributed by atoms with E-state index in [1.54, 1.807) is 0 Å². The monoisotopic (exact) mass is 1060 g/mol. The van der Waals surface area contributed by atoms with Gasteiger partial charge in [-0.1, -0.05) is 13.8 Å². The third-order valence-corrected chi connectivity index (χ3v) is 13.2. The van der Waals surface area contributed by atoms with Crippen LogP contribution < -0.4 is 49.5 Å². The molecule has 402 valence electrons. The Morgan fingerprint density at radius 2 is 0.986 bits per heavy atom. The van der Waals surface area contributed by atoms with Crippen LogP contribution in [0.15, 0.2) is 0 Å². The van der Waals surface area contributed by atoms with Crippen molar-refractivity contribution in [2.45, 2.75) is 122 Å². The number of carbonyl (C=O) groups is 11. The lowest BCUT2D eigenvalue weighted by molar-refractivity contribution is -0.158. The fourth-order valence-electron chi connectivity index (χ4n) is 6.44. The first kappa shape index (κ1) is 63.5. The van der Waals surface area contributed by atoms with Gasteiger partial charge in [-0.3, -0.25) is 58.1 Å². The van der Waals surface area contributed by atoms with Gasteiger partial charge in [0.05, 0.1) is 32.5 Å². The van der Waals surface area contributed by atoms with Crippen molar-refractivity contribution in [3.8, 4) is 0 Å². The van der Waals surface area contributed by atoms with Gasteiger partial charge in [-0.15, -0.1) is 0 Å². The van der Waals surface area contributed by atoms with Crippen LogP contribution in [0.5, 0.6) is 0 Å². The molecule has 0 aromatic carbocycles. The summed E-state index contributed by atoms with van der Waals surface area (Å²) >= 11 is 3.57. The molecule has 16 N–H and O–H groups in total. The molecule has 1 rings (SSSR count). The largest absolute Gasteiger partial charge is 0.481 e. The second-order valence-corrected chi connectivity index (χ2v) is 20.6. The highest BCUT2D eigenvalue weighted by atomic mass is 32.2. The predicted molar refractivity (Wildman–Crippen MR) is 267 cm³/mol. The van der Waals surface area contributed by atoms with Crippen LogP contribution >= 0.6 is 35.3 Å². The van der Waals surface area contributed by atoms with Crippen LogP contribution in [-0.4, -0.2) is 187 Å². The van der Waals surface area contributed by atoms with E-state index in [0.717, 1.165) is 23.5 Å². The zero-order valence-corrected chi connectivity index (χ0v) is 43.0. The smallest absolute Gasteiger partial charge is 0.303 e. The van der Waals surface area contributed by atoms with Gasteiger partial charge in [0.1, 0.15) is 24.2 Å². The van der Waals surface area contributed by atoms with Gasteiger partial charge in [0.15, 0.2) is 5.96 Å². The Morgan fingerprint density at radius 1 is 0.563 bits per heavy atom. The number of unbranched alkanes of at least 4 members (excludes halogenated alkanes) is 1. The first-order valence-electron chi connectivity index (χ1n) is 23.0. The molecular weight excluding hydrogens is 991 g/mol. The molecule has 1 aliphatic heterocycles. The van der Waals surface area contributed by atoms with Crippen LogP contribution in [0, 0.1) is 11.3 Å². The summed E-state index contributed by atoms with van der Waals surface area (Å²) < 4.78 is 0. The highest BCUT2D eigenvalue weighted by Crippen LogP contribution is 2.17. The summed E-state index contributed by atoms with van der Waals surface area (Å²) in [5.41, 5.74) is 21.6. The lowest BCUT2D eigenvalue weighted by Crippen LogP contribution is -2.59. The van der Waals surface area contributed by atoms with Crippen molar-refractivity contribution in [2.75, 3.05) is 61.1 Å². The molecule has 29 heteroatoms. The van der Waals surface area contributed by atoms with Crippen LogP contribution in [0.3, 0.4) is 0 Å². The zero-order valence-electron chi connectivity index (χ0n) is 40.6. The molecule has 0 saturated carbocycles. The third kappa shape index (κ3) is 28.8. The number of nitrogens with one attached hydrogen (secondary N) is 6. The molecule has 0 spiro atoms. The third-order valence-electron chi connectivity index (χ3n) is 10.1. The molecule has 71 heavy (non-hydrogen) atoms. The van der Waals surface area contributed by atoms with E-state index in [1.807, 2.05) is 13.8 Å². The number of nitrogens with zero attached hydrogens (tertiary/aromatic N) is 3. The van der Waals surface area contributed by atoms with Crippen LogP contribution in [0.25, 0.3) is 0 Å². The van der Waals surface area contributed by atoms with Gasteiger partial charge < -0.3 is 74.4 Å². The second kappa shape index (κ2) is 34.7. The number of rotatable bonds is 36. The minimum absolute atomic E-state index is 0.0329. The average molecular weight is 1060 g/mol. The number of thioether (sulfide) groups is 3. The standard InChI is InChI=1S/C42H73N13O13S3/c1-25(2)18-32(58)49-27(6-4-5-13-48-42(46)47)40(67)51-28(7-8-37(63)64)41(68)52-30(39(45)66)21-71-17-12-36(62)55-23-53(34(60)10-15-69-14-9-31(43)57)22-54(24-55)35(61)11-16-70-20-29(38(44)65)50-33(59)19-26(3)56/h25-30,56H,4-24H2,1-3H3,(H2,43,57)(H2,44,65)(H2,45,66)(H,49,58)(H,50,59)(H,51,67)(H,52,68)(H,63,64)(H4,46,47,48)/t26?,27-,28+,29?,30-/m1/s1. The molecule has 1 aliphatic rings. The van der Waals surface area contributed by atoms with Gasteiger partial charge in [-0.2, -0.15) is 35.3 Å². The Labute approximate surface area is 426 Å². The highest BCUT2D eigenvalue weighted by Gasteiger charge is 2.33. The number of guanidine groups is 1. The van der Waals surface area contributed by atoms with Gasteiger partial charge in [-0.05, 0) is 38.5 Å². The Balaban J connectivity index is 3.05. The topological polar surface area (TPSA) is 426 Å². The normalized spacial score (nSPS) is 14.5. The van der Waals surface area contributed by atoms with Crippen LogP contribution in [0.1, 0.15) is 91.4 Å². The van der Waals surface area contributed by atoms with Crippen LogP contribution in [-0.2, 0) is 52.7 Å². The van der Waals surface area contributed by atoms with Crippen molar-refractivity contribution in [3.05, 3.63) is 0 Å². The van der Waals surface area contributed by atoms with Crippen molar-refractivity contribution < 1.29 is 63.0 Å². The fourth-order valence-corrected chi connectivity index (χ4v) is 9.24. The van der Waals surface area contributed by atoms with Crippen molar-refractivity contribution >= 4 is 106 Å². The Morgan fingerprint density at radius 3 is 1.42 bits per heavy atom. The Hall–Kier alpha value is -5.55. The summed E-state index contributed by atoms with van der Waals surface area (Å²) in [7, 11) is 0. The number of aliphatic carboxylic acids is 1. The number of aliphatic hydroxyl groups is 1. The van der Waals surface area contributed by atoms with E-state index in [9.17, 15) is 63.0 Å². The van der Waals surface area contributed by atoms with E-state index in [2.05, 4.69) is 26.6 Å². The van der Waals surface area contributed by atoms with E-state index in [1.165, 1.54) is 33.4 Å². The lowest BCUT2D eigenvalue weighted by atomic mass is 10.0. The molecule has 0 radical (unpaired) electrons. The minimum Gasteiger partial charge on any atom is -0.481 e. The van der Waals surface area contributed by atoms with Gasteiger partial charge in [0.25, 0.3) is 0 Å². The van der Waals surface area contributed by atoms with Crippen molar-refractivity contribution in [2.24, 2.45) is 28.9 Å². The van der Waals surface area contributed by atoms with Crippen molar-refractivity contribution in [3.63, 3.8) is 0 Å². The Bertz CT molecular complexity index is 1850. The predicted octanol–water partition coefficient (Wildman–Crippen LogP) is -3.15. The molecule has 1 saturated heterocycles. The van der Waals surface area contributed by atoms with Crippen molar-refractivity contribution in [1.29, 1.82) is 5.41 Å². The summed E-state index contributed by atoms with van der Waals surface area (Å²) in [5, 5.41) is 38.9. The second-order valence-electron chi connectivity index (χ2n) is 17.0. The molecule has 0 bridgehead atoms. The van der Waals surface area contributed by atoms with Gasteiger partial charge in [0, 0.05) is 79.6 Å². The number of nitrogens with two attached hydrogens (primary N) is 4. The molecule has 0 aromatic heterocycles.